The maximum absolute atomic E-state index is 10.9. The zero-order valence-electron chi connectivity index (χ0n) is 15.7. The van der Waals surface area contributed by atoms with Gasteiger partial charge in [0.25, 0.3) is 0 Å². The standard InChI is InChI=1S/C22H18N4O4/c27-21(28)17-4-8-19(9-5-17)25-23-13-15-2-1-3-16(12-15)14-24-26-20-10-6-18(7-11-20)22(29)30/h1-14,25-26H,(H,27,28)(H,29,30)/b23-13+,24-14+. The van der Waals surface area contributed by atoms with Gasteiger partial charge >= 0.3 is 11.9 Å². The van der Waals surface area contributed by atoms with Crippen LogP contribution in [0.25, 0.3) is 0 Å². The highest BCUT2D eigenvalue weighted by Gasteiger charge is 2.01. The Bertz CT molecular complexity index is 1010. The normalized spacial score (nSPS) is 10.9. The maximum atomic E-state index is 10.9. The van der Waals surface area contributed by atoms with E-state index in [9.17, 15) is 9.59 Å². The van der Waals surface area contributed by atoms with E-state index >= 15 is 0 Å². The molecule has 0 bridgehead atoms. The van der Waals surface area contributed by atoms with E-state index < -0.39 is 11.9 Å². The van der Waals surface area contributed by atoms with Crippen molar-refractivity contribution in [1.29, 1.82) is 0 Å². The van der Waals surface area contributed by atoms with Crippen molar-refractivity contribution in [3.63, 3.8) is 0 Å². The fourth-order valence-electron chi connectivity index (χ4n) is 2.46. The Balaban J connectivity index is 1.57. The van der Waals surface area contributed by atoms with Crippen molar-refractivity contribution < 1.29 is 19.8 Å². The van der Waals surface area contributed by atoms with Gasteiger partial charge in [0, 0.05) is 0 Å². The predicted octanol–water partition coefficient (Wildman–Crippen LogP) is 3.98. The van der Waals surface area contributed by atoms with E-state index in [0.717, 1.165) is 11.1 Å². The van der Waals surface area contributed by atoms with Gasteiger partial charge in [-0.25, -0.2) is 9.59 Å². The number of nitrogens with zero attached hydrogens (tertiary/aromatic N) is 2. The Morgan fingerprint density at radius 3 is 1.43 bits per heavy atom. The van der Waals surface area contributed by atoms with Crippen molar-refractivity contribution in [3.8, 4) is 0 Å². The van der Waals surface area contributed by atoms with Gasteiger partial charge < -0.3 is 10.2 Å². The minimum atomic E-state index is -0.977. The first-order valence-electron chi connectivity index (χ1n) is 8.86. The summed E-state index contributed by atoms with van der Waals surface area (Å²) in [6, 6.07) is 20.1. The smallest absolute Gasteiger partial charge is 0.335 e. The number of carboxylic acid groups (broad SMARTS) is 2. The third kappa shape index (κ3) is 5.77. The second-order valence-electron chi connectivity index (χ2n) is 6.18. The van der Waals surface area contributed by atoms with Crippen LogP contribution in [0.3, 0.4) is 0 Å². The summed E-state index contributed by atoms with van der Waals surface area (Å²) in [6.45, 7) is 0. The van der Waals surface area contributed by atoms with Gasteiger partial charge in [0.1, 0.15) is 0 Å². The average molecular weight is 402 g/mol. The van der Waals surface area contributed by atoms with E-state index in [4.69, 9.17) is 10.2 Å². The van der Waals surface area contributed by atoms with Crippen molar-refractivity contribution >= 4 is 35.7 Å². The van der Waals surface area contributed by atoms with E-state index in [1.165, 1.54) is 24.3 Å². The predicted molar refractivity (Wildman–Crippen MR) is 116 cm³/mol. The Kier molecular flexibility index (Phi) is 6.52. The van der Waals surface area contributed by atoms with Crippen LogP contribution in [0.4, 0.5) is 11.4 Å². The first-order valence-corrected chi connectivity index (χ1v) is 8.86. The third-order valence-corrected chi connectivity index (χ3v) is 3.99. The Hall–Kier alpha value is -4.46. The fourth-order valence-corrected chi connectivity index (χ4v) is 2.46. The number of hydrazone groups is 2. The first kappa shape index (κ1) is 20.3. The lowest BCUT2D eigenvalue weighted by Gasteiger charge is -2.02. The summed E-state index contributed by atoms with van der Waals surface area (Å²) in [7, 11) is 0. The molecule has 0 saturated heterocycles. The number of hydrogen-bond donors (Lipinski definition) is 4. The average Bonchev–Trinajstić information content (AvgIpc) is 2.75. The first-order chi connectivity index (χ1) is 14.5. The topological polar surface area (TPSA) is 123 Å². The van der Waals surface area contributed by atoms with Crippen LogP contribution in [0.5, 0.6) is 0 Å². The molecule has 150 valence electrons. The molecule has 0 saturated carbocycles. The molecule has 8 nitrogen and oxygen atoms in total. The van der Waals surface area contributed by atoms with Crippen LogP contribution in [0.1, 0.15) is 31.8 Å². The van der Waals surface area contributed by atoms with Crippen LogP contribution >= 0.6 is 0 Å². The molecule has 4 N–H and O–H groups in total. The maximum Gasteiger partial charge on any atom is 0.335 e. The summed E-state index contributed by atoms with van der Waals surface area (Å²) < 4.78 is 0. The van der Waals surface area contributed by atoms with Crippen LogP contribution in [-0.2, 0) is 0 Å². The van der Waals surface area contributed by atoms with Gasteiger partial charge in [-0.1, -0.05) is 18.2 Å². The molecular formula is C22H18N4O4. The highest BCUT2D eigenvalue weighted by atomic mass is 16.4. The molecule has 0 heterocycles. The van der Waals surface area contributed by atoms with Gasteiger partial charge in [-0.2, -0.15) is 10.2 Å². The van der Waals surface area contributed by atoms with Gasteiger partial charge in [-0.05, 0) is 65.7 Å². The summed E-state index contributed by atoms with van der Waals surface area (Å²) >= 11 is 0. The fraction of sp³-hybridized carbons (Fsp3) is 0. The molecule has 8 heteroatoms. The highest BCUT2D eigenvalue weighted by Crippen LogP contribution is 2.11. The highest BCUT2D eigenvalue weighted by molar-refractivity contribution is 5.89. The third-order valence-electron chi connectivity index (χ3n) is 3.99. The number of anilines is 2. The summed E-state index contributed by atoms with van der Waals surface area (Å²) in [5.41, 5.74) is 9.15. The van der Waals surface area contributed by atoms with E-state index in [0.29, 0.717) is 11.4 Å². The van der Waals surface area contributed by atoms with Gasteiger partial charge in [0.2, 0.25) is 0 Å². The van der Waals surface area contributed by atoms with Crippen LogP contribution in [0, 0.1) is 0 Å². The second kappa shape index (κ2) is 9.65. The lowest BCUT2D eigenvalue weighted by atomic mass is 10.1. The van der Waals surface area contributed by atoms with E-state index in [1.807, 2.05) is 24.3 Å². The van der Waals surface area contributed by atoms with Gasteiger partial charge in [0.05, 0.1) is 34.9 Å². The van der Waals surface area contributed by atoms with E-state index in [-0.39, 0.29) is 11.1 Å². The van der Waals surface area contributed by atoms with Gasteiger partial charge in [-0.3, -0.25) is 10.9 Å². The molecule has 0 aliphatic heterocycles. The zero-order chi connectivity index (χ0) is 21.3. The molecule has 0 unspecified atom stereocenters. The van der Waals surface area contributed by atoms with Crippen molar-refractivity contribution in [1.82, 2.24) is 0 Å². The van der Waals surface area contributed by atoms with Crippen molar-refractivity contribution in [2.75, 3.05) is 10.9 Å². The van der Waals surface area contributed by atoms with Crippen molar-refractivity contribution in [2.24, 2.45) is 10.2 Å². The summed E-state index contributed by atoms with van der Waals surface area (Å²) in [5, 5.41) is 26.1. The van der Waals surface area contributed by atoms with Crippen molar-refractivity contribution in [2.45, 2.75) is 0 Å². The summed E-state index contributed by atoms with van der Waals surface area (Å²) in [6.07, 6.45) is 3.28. The van der Waals surface area contributed by atoms with E-state index in [2.05, 4.69) is 21.1 Å². The number of rotatable bonds is 8. The molecule has 0 radical (unpaired) electrons. The van der Waals surface area contributed by atoms with Crippen LogP contribution < -0.4 is 10.9 Å². The van der Waals surface area contributed by atoms with E-state index in [1.54, 1.807) is 36.7 Å². The number of nitrogens with one attached hydrogen (secondary N) is 2. The second-order valence-corrected chi connectivity index (χ2v) is 6.18. The van der Waals surface area contributed by atoms with Gasteiger partial charge in [-0.15, -0.1) is 0 Å². The Labute approximate surface area is 172 Å². The molecule has 30 heavy (non-hydrogen) atoms. The van der Waals surface area contributed by atoms with Crippen LogP contribution in [0.2, 0.25) is 0 Å². The molecular weight excluding hydrogens is 384 g/mol. The molecule has 0 aliphatic rings. The molecule has 0 fully saturated rings. The molecule has 0 spiro atoms. The number of benzene rings is 3. The van der Waals surface area contributed by atoms with Crippen molar-refractivity contribution in [3.05, 3.63) is 95.1 Å². The minimum absolute atomic E-state index is 0.211. The van der Waals surface area contributed by atoms with Gasteiger partial charge in [0.15, 0.2) is 0 Å². The monoisotopic (exact) mass is 402 g/mol. The molecule has 0 aliphatic carbocycles. The summed E-state index contributed by atoms with van der Waals surface area (Å²) in [4.78, 5) is 21.7. The molecule has 3 aromatic rings. The lowest BCUT2D eigenvalue weighted by Crippen LogP contribution is -1.97. The molecule has 0 aromatic heterocycles. The number of aromatic carboxylic acids is 2. The minimum Gasteiger partial charge on any atom is -0.478 e. The molecule has 0 amide bonds. The Morgan fingerprint density at radius 1 is 0.667 bits per heavy atom. The summed E-state index contributed by atoms with van der Waals surface area (Å²) in [5.74, 6) is -1.95. The number of hydrogen-bond acceptors (Lipinski definition) is 6. The van der Waals surface area contributed by atoms with Crippen LogP contribution in [-0.4, -0.2) is 34.6 Å². The molecule has 0 atom stereocenters. The van der Waals surface area contributed by atoms with Crippen LogP contribution in [0.15, 0.2) is 83.0 Å². The zero-order valence-corrected chi connectivity index (χ0v) is 15.7. The number of carboxylic acids is 2. The molecule has 3 rings (SSSR count). The largest absolute Gasteiger partial charge is 0.478 e. The SMILES string of the molecule is O=C(O)c1ccc(N/N=C/c2cccc(/C=N/Nc3ccc(C(=O)O)cc3)c2)cc1. The molecule has 3 aromatic carbocycles. The number of carbonyl (C=O) groups is 2. The quantitative estimate of drug-likeness (QED) is 0.334. The Morgan fingerprint density at radius 2 is 1.07 bits per heavy atom. The lowest BCUT2D eigenvalue weighted by molar-refractivity contribution is 0.0686.